The van der Waals surface area contributed by atoms with E-state index in [1.165, 1.54) is 0 Å². The summed E-state index contributed by atoms with van der Waals surface area (Å²) in [6, 6.07) is 0. The molecule has 0 bridgehead atoms. The summed E-state index contributed by atoms with van der Waals surface area (Å²) in [5.74, 6) is 0. The molecule has 1 aliphatic rings. The topological polar surface area (TPSA) is 108 Å². The Balaban J connectivity index is 2.55. The van der Waals surface area contributed by atoms with Gasteiger partial charge in [0.15, 0.2) is 11.3 Å². The SMILES string of the molecule is NC(=S)NC1O[C@H](CO)[C@@H](O)[C@H]1O. The third-order valence-corrected chi connectivity index (χ3v) is 1.94. The maximum Gasteiger partial charge on any atom is 0.165 e. The first-order chi connectivity index (χ1) is 6.06. The molecule has 6 nitrogen and oxygen atoms in total. The molecule has 76 valence electrons. The third-order valence-electron chi connectivity index (χ3n) is 1.83. The number of rotatable bonds is 2. The molecule has 13 heavy (non-hydrogen) atoms. The van der Waals surface area contributed by atoms with Crippen LogP contribution in [0.4, 0.5) is 0 Å². The lowest BCUT2D eigenvalue weighted by atomic mass is 10.1. The highest BCUT2D eigenvalue weighted by atomic mass is 32.1. The predicted octanol–water partition coefficient (Wildman–Crippen LogP) is -2.74. The Bertz CT molecular complexity index is 203. The molecule has 1 rings (SSSR count). The zero-order valence-corrected chi connectivity index (χ0v) is 7.57. The van der Waals surface area contributed by atoms with E-state index in [1.807, 2.05) is 0 Å². The molecule has 0 amide bonds. The molecule has 0 aromatic heterocycles. The van der Waals surface area contributed by atoms with Crippen LogP contribution < -0.4 is 11.1 Å². The highest BCUT2D eigenvalue weighted by molar-refractivity contribution is 7.80. The molecule has 1 unspecified atom stereocenters. The molecule has 4 atom stereocenters. The summed E-state index contributed by atoms with van der Waals surface area (Å²) in [6.45, 7) is -0.367. The Morgan fingerprint density at radius 2 is 2.08 bits per heavy atom. The second-order valence-corrected chi connectivity index (χ2v) is 3.21. The van der Waals surface area contributed by atoms with Crippen LogP contribution in [0.3, 0.4) is 0 Å². The van der Waals surface area contributed by atoms with Crippen molar-refractivity contribution >= 4 is 17.3 Å². The second kappa shape index (κ2) is 4.16. The first kappa shape index (κ1) is 10.6. The molecule has 1 saturated heterocycles. The number of ether oxygens (including phenoxy) is 1. The lowest BCUT2D eigenvalue weighted by Gasteiger charge is -2.15. The summed E-state index contributed by atoms with van der Waals surface area (Å²) < 4.78 is 5.02. The molecule has 1 aliphatic heterocycles. The van der Waals surface area contributed by atoms with Crippen molar-refractivity contribution in [2.24, 2.45) is 5.73 Å². The van der Waals surface area contributed by atoms with Gasteiger partial charge in [-0.1, -0.05) is 0 Å². The average molecular weight is 208 g/mol. The van der Waals surface area contributed by atoms with Crippen molar-refractivity contribution in [3.05, 3.63) is 0 Å². The van der Waals surface area contributed by atoms with Gasteiger partial charge in [0.1, 0.15) is 18.3 Å². The molecule has 6 N–H and O–H groups in total. The van der Waals surface area contributed by atoms with Crippen LogP contribution in [-0.4, -0.2) is 51.6 Å². The summed E-state index contributed by atoms with van der Waals surface area (Å²) in [5, 5.41) is 29.8. The van der Waals surface area contributed by atoms with Gasteiger partial charge in [0.25, 0.3) is 0 Å². The smallest absolute Gasteiger partial charge is 0.165 e. The lowest BCUT2D eigenvalue weighted by Crippen LogP contribution is -2.45. The lowest BCUT2D eigenvalue weighted by molar-refractivity contribution is -0.0261. The van der Waals surface area contributed by atoms with Crippen molar-refractivity contribution in [1.29, 1.82) is 0 Å². The highest BCUT2D eigenvalue weighted by Gasteiger charge is 2.42. The second-order valence-electron chi connectivity index (χ2n) is 2.77. The van der Waals surface area contributed by atoms with Crippen LogP contribution in [0.25, 0.3) is 0 Å². The predicted molar refractivity (Wildman–Crippen MR) is 47.7 cm³/mol. The molecular formula is C6H12N2O4S. The molecule has 0 saturated carbocycles. The van der Waals surface area contributed by atoms with E-state index in [-0.39, 0.29) is 11.7 Å². The van der Waals surface area contributed by atoms with Gasteiger partial charge in [-0.2, -0.15) is 0 Å². The van der Waals surface area contributed by atoms with E-state index in [9.17, 15) is 10.2 Å². The van der Waals surface area contributed by atoms with Gasteiger partial charge in [-0.25, -0.2) is 0 Å². The van der Waals surface area contributed by atoms with Gasteiger partial charge in [0, 0.05) is 0 Å². The summed E-state index contributed by atoms with van der Waals surface area (Å²) in [5.41, 5.74) is 5.15. The Kier molecular flexibility index (Phi) is 3.40. The minimum atomic E-state index is -1.14. The fourth-order valence-corrected chi connectivity index (χ4v) is 1.28. The van der Waals surface area contributed by atoms with Crippen molar-refractivity contribution in [2.45, 2.75) is 24.5 Å². The van der Waals surface area contributed by atoms with Gasteiger partial charge in [0.05, 0.1) is 6.61 Å². The maximum absolute atomic E-state index is 9.34. The van der Waals surface area contributed by atoms with E-state index in [2.05, 4.69) is 17.5 Å². The zero-order chi connectivity index (χ0) is 10.0. The van der Waals surface area contributed by atoms with Crippen molar-refractivity contribution in [3.8, 4) is 0 Å². The first-order valence-electron chi connectivity index (χ1n) is 3.74. The summed E-state index contributed by atoms with van der Waals surface area (Å²) in [7, 11) is 0. The Morgan fingerprint density at radius 1 is 1.46 bits per heavy atom. The van der Waals surface area contributed by atoms with Gasteiger partial charge in [-0.3, -0.25) is 0 Å². The average Bonchev–Trinajstić information content (AvgIpc) is 2.32. The highest BCUT2D eigenvalue weighted by Crippen LogP contribution is 2.18. The van der Waals surface area contributed by atoms with Crippen LogP contribution >= 0.6 is 12.2 Å². The largest absolute Gasteiger partial charge is 0.394 e. The molecular weight excluding hydrogens is 196 g/mol. The number of hydrogen-bond acceptors (Lipinski definition) is 5. The number of hydrogen-bond donors (Lipinski definition) is 5. The Labute approximate surface area is 80.3 Å². The van der Waals surface area contributed by atoms with E-state index in [0.717, 1.165) is 0 Å². The molecule has 0 aromatic carbocycles. The summed E-state index contributed by atoms with van der Waals surface area (Å²) >= 11 is 4.53. The quantitative estimate of drug-likeness (QED) is 0.313. The Hall–Kier alpha value is -0.470. The summed E-state index contributed by atoms with van der Waals surface area (Å²) in [6.07, 6.45) is -3.93. The molecule has 1 heterocycles. The maximum atomic E-state index is 9.34. The molecule has 0 spiro atoms. The number of aliphatic hydroxyl groups excluding tert-OH is 3. The van der Waals surface area contributed by atoms with Crippen LogP contribution in [0.1, 0.15) is 0 Å². The van der Waals surface area contributed by atoms with E-state index in [1.54, 1.807) is 0 Å². The van der Waals surface area contributed by atoms with Crippen molar-refractivity contribution < 1.29 is 20.1 Å². The van der Waals surface area contributed by atoms with Crippen molar-refractivity contribution in [1.82, 2.24) is 5.32 Å². The standard InChI is InChI=1S/C6H12N2O4S/c7-6(13)8-5-4(11)3(10)2(1-9)12-5/h2-5,9-11H,1H2,(H3,7,8,13)/t2-,3-,4-,5?/m1/s1. The molecule has 0 aliphatic carbocycles. The fraction of sp³-hybridized carbons (Fsp3) is 0.833. The van der Waals surface area contributed by atoms with Crippen LogP contribution in [0.5, 0.6) is 0 Å². The van der Waals surface area contributed by atoms with E-state index >= 15 is 0 Å². The van der Waals surface area contributed by atoms with E-state index < -0.39 is 24.5 Å². The van der Waals surface area contributed by atoms with Gasteiger partial charge in [-0.05, 0) is 12.2 Å². The molecule has 0 radical (unpaired) electrons. The normalized spacial score (nSPS) is 39.0. The van der Waals surface area contributed by atoms with Gasteiger partial charge in [-0.15, -0.1) is 0 Å². The third kappa shape index (κ3) is 2.26. The monoisotopic (exact) mass is 208 g/mol. The molecule has 1 fully saturated rings. The Morgan fingerprint density at radius 3 is 2.46 bits per heavy atom. The summed E-state index contributed by atoms with van der Waals surface area (Å²) in [4.78, 5) is 0. The van der Waals surface area contributed by atoms with Gasteiger partial charge in [0.2, 0.25) is 0 Å². The number of nitrogens with two attached hydrogens (primary N) is 1. The molecule has 7 heteroatoms. The van der Waals surface area contributed by atoms with Gasteiger partial charge < -0.3 is 31.1 Å². The zero-order valence-electron chi connectivity index (χ0n) is 6.75. The van der Waals surface area contributed by atoms with Crippen molar-refractivity contribution in [3.63, 3.8) is 0 Å². The first-order valence-corrected chi connectivity index (χ1v) is 4.15. The minimum absolute atomic E-state index is 0.0326. The van der Waals surface area contributed by atoms with Gasteiger partial charge >= 0.3 is 0 Å². The van der Waals surface area contributed by atoms with Crippen molar-refractivity contribution in [2.75, 3.05) is 6.61 Å². The number of aliphatic hydroxyl groups is 3. The number of nitrogens with one attached hydrogen (secondary N) is 1. The van der Waals surface area contributed by atoms with E-state index in [4.69, 9.17) is 15.6 Å². The molecule has 0 aromatic rings. The minimum Gasteiger partial charge on any atom is -0.394 e. The van der Waals surface area contributed by atoms with Crippen LogP contribution in [-0.2, 0) is 4.74 Å². The fourth-order valence-electron chi connectivity index (χ4n) is 1.16. The number of thiocarbonyl (C=S) groups is 1. The van der Waals surface area contributed by atoms with E-state index in [0.29, 0.717) is 0 Å². The van der Waals surface area contributed by atoms with Crippen LogP contribution in [0.15, 0.2) is 0 Å². The van der Waals surface area contributed by atoms with Crippen LogP contribution in [0, 0.1) is 0 Å². The van der Waals surface area contributed by atoms with Crippen LogP contribution in [0.2, 0.25) is 0 Å².